The van der Waals surface area contributed by atoms with E-state index in [2.05, 4.69) is 21.7 Å². The second-order valence-electron chi connectivity index (χ2n) is 6.60. The Morgan fingerprint density at radius 2 is 1.79 bits per heavy atom. The average molecular weight is 389 g/mol. The zero-order valence-electron chi connectivity index (χ0n) is 16.7. The summed E-state index contributed by atoms with van der Waals surface area (Å²) >= 11 is 0. The number of rotatable bonds is 6. The van der Waals surface area contributed by atoms with Crippen LogP contribution in [0.4, 0.5) is 17.1 Å². The van der Waals surface area contributed by atoms with Crippen LogP contribution in [0.25, 0.3) is 0 Å². The third-order valence-corrected chi connectivity index (χ3v) is 4.33. The van der Waals surface area contributed by atoms with Gasteiger partial charge in [0.05, 0.1) is 29.7 Å². The zero-order valence-corrected chi connectivity index (χ0v) is 16.7. The summed E-state index contributed by atoms with van der Waals surface area (Å²) in [6.07, 6.45) is 1.60. The number of aromatic nitrogens is 1. The molecule has 0 saturated carbocycles. The van der Waals surface area contributed by atoms with E-state index in [1.165, 1.54) is 5.56 Å². The minimum Gasteiger partial charge on any atom is -0.462 e. The van der Waals surface area contributed by atoms with Crippen molar-refractivity contribution in [3.63, 3.8) is 0 Å². The van der Waals surface area contributed by atoms with Crippen molar-refractivity contribution in [2.45, 2.75) is 20.8 Å². The summed E-state index contributed by atoms with van der Waals surface area (Å²) in [4.78, 5) is 28.9. The molecule has 6 nitrogen and oxygen atoms in total. The van der Waals surface area contributed by atoms with Crippen molar-refractivity contribution in [3.05, 3.63) is 83.2 Å². The Kier molecular flexibility index (Phi) is 6.24. The number of para-hydroxylation sites is 1. The maximum Gasteiger partial charge on any atom is 0.340 e. The number of anilines is 3. The summed E-state index contributed by atoms with van der Waals surface area (Å²) in [6, 6.07) is 16.3. The molecule has 0 aliphatic heterocycles. The van der Waals surface area contributed by atoms with Crippen molar-refractivity contribution in [1.82, 2.24) is 4.98 Å². The molecule has 0 fully saturated rings. The van der Waals surface area contributed by atoms with Crippen LogP contribution in [0.2, 0.25) is 0 Å². The lowest BCUT2D eigenvalue weighted by molar-refractivity contribution is 0.0527. The Bertz CT molecular complexity index is 1030. The molecule has 0 atom stereocenters. The fraction of sp³-hybridized carbons (Fsp3) is 0.174. The highest BCUT2D eigenvalue weighted by molar-refractivity contribution is 6.07. The van der Waals surface area contributed by atoms with Crippen LogP contribution in [0.1, 0.15) is 38.9 Å². The predicted molar refractivity (Wildman–Crippen MR) is 114 cm³/mol. The smallest absolute Gasteiger partial charge is 0.340 e. The lowest BCUT2D eigenvalue weighted by Crippen LogP contribution is -2.17. The third kappa shape index (κ3) is 4.99. The highest BCUT2D eigenvalue weighted by atomic mass is 16.5. The second-order valence-corrected chi connectivity index (χ2v) is 6.60. The average Bonchev–Trinajstić information content (AvgIpc) is 2.71. The van der Waals surface area contributed by atoms with Crippen LogP contribution in [0.3, 0.4) is 0 Å². The number of nitrogens with one attached hydrogen (secondary N) is 2. The van der Waals surface area contributed by atoms with Gasteiger partial charge in [-0.15, -0.1) is 0 Å². The molecule has 0 radical (unpaired) electrons. The van der Waals surface area contributed by atoms with Crippen molar-refractivity contribution in [2.24, 2.45) is 0 Å². The fourth-order valence-electron chi connectivity index (χ4n) is 2.88. The molecule has 2 N–H and O–H groups in total. The first-order valence-corrected chi connectivity index (χ1v) is 9.35. The normalized spacial score (nSPS) is 10.3. The van der Waals surface area contributed by atoms with E-state index in [0.717, 1.165) is 16.9 Å². The van der Waals surface area contributed by atoms with Crippen molar-refractivity contribution in [2.75, 3.05) is 17.2 Å². The number of carbonyl (C=O) groups excluding carboxylic acids is 2. The van der Waals surface area contributed by atoms with Crippen LogP contribution >= 0.6 is 0 Å². The molecule has 1 heterocycles. The summed E-state index contributed by atoms with van der Waals surface area (Å²) < 4.78 is 5.03. The molecule has 6 heteroatoms. The SMILES string of the molecule is CCOC(=O)c1ccccc1NC(=O)c1ccc(Nc2ccc(C)cc2C)cn1. The molecule has 0 spiro atoms. The van der Waals surface area contributed by atoms with Crippen LogP contribution in [0.15, 0.2) is 60.8 Å². The molecule has 1 aromatic heterocycles. The predicted octanol–water partition coefficient (Wildman–Crippen LogP) is 4.87. The quantitative estimate of drug-likeness (QED) is 0.588. The summed E-state index contributed by atoms with van der Waals surface area (Å²) in [5, 5.41) is 6.03. The lowest BCUT2D eigenvalue weighted by Gasteiger charge is -2.12. The van der Waals surface area contributed by atoms with Crippen LogP contribution in [-0.4, -0.2) is 23.5 Å². The molecule has 2 aromatic carbocycles. The molecular weight excluding hydrogens is 366 g/mol. The van der Waals surface area contributed by atoms with Gasteiger partial charge < -0.3 is 15.4 Å². The summed E-state index contributed by atoms with van der Waals surface area (Å²) in [7, 11) is 0. The number of benzene rings is 2. The summed E-state index contributed by atoms with van der Waals surface area (Å²) in [5.74, 6) is -0.885. The van der Waals surface area contributed by atoms with Gasteiger partial charge in [-0.25, -0.2) is 9.78 Å². The molecule has 0 saturated heterocycles. The maximum atomic E-state index is 12.6. The first kappa shape index (κ1) is 20.1. The van der Waals surface area contributed by atoms with Gasteiger partial charge in [0.15, 0.2) is 0 Å². The Balaban J connectivity index is 1.72. The van der Waals surface area contributed by atoms with Crippen molar-refractivity contribution in [1.29, 1.82) is 0 Å². The van der Waals surface area contributed by atoms with E-state index in [1.54, 1.807) is 49.5 Å². The van der Waals surface area contributed by atoms with Gasteiger partial charge >= 0.3 is 5.97 Å². The van der Waals surface area contributed by atoms with Gasteiger partial charge in [0.1, 0.15) is 5.69 Å². The van der Waals surface area contributed by atoms with E-state index >= 15 is 0 Å². The van der Waals surface area contributed by atoms with E-state index in [1.807, 2.05) is 26.0 Å². The van der Waals surface area contributed by atoms with Crippen molar-refractivity contribution >= 4 is 28.9 Å². The van der Waals surface area contributed by atoms with Gasteiger partial charge in [0.2, 0.25) is 0 Å². The molecule has 3 rings (SSSR count). The van der Waals surface area contributed by atoms with Gasteiger partial charge in [-0.2, -0.15) is 0 Å². The minimum atomic E-state index is -0.482. The molecule has 29 heavy (non-hydrogen) atoms. The van der Waals surface area contributed by atoms with Crippen molar-refractivity contribution in [3.8, 4) is 0 Å². The number of ether oxygens (including phenoxy) is 1. The largest absolute Gasteiger partial charge is 0.462 e. The van der Waals surface area contributed by atoms with E-state index in [0.29, 0.717) is 11.3 Å². The van der Waals surface area contributed by atoms with Crippen molar-refractivity contribution < 1.29 is 14.3 Å². The third-order valence-electron chi connectivity index (χ3n) is 4.33. The van der Waals surface area contributed by atoms with E-state index in [4.69, 9.17) is 4.74 Å². The molecule has 0 bridgehead atoms. The van der Waals surface area contributed by atoms with E-state index in [-0.39, 0.29) is 12.3 Å². The Labute approximate surface area is 169 Å². The van der Waals surface area contributed by atoms with E-state index in [9.17, 15) is 9.59 Å². The van der Waals surface area contributed by atoms with Gasteiger partial charge in [-0.05, 0) is 56.7 Å². The summed E-state index contributed by atoms with van der Waals surface area (Å²) in [6.45, 7) is 6.08. The van der Waals surface area contributed by atoms with E-state index < -0.39 is 11.9 Å². The monoisotopic (exact) mass is 389 g/mol. The molecule has 0 aliphatic carbocycles. The molecule has 1 amide bonds. The highest BCUT2D eigenvalue weighted by Crippen LogP contribution is 2.22. The van der Waals surface area contributed by atoms with Crippen LogP contribution in [0.5, 0.6) is 0 Å². The zero-order chi connectivity index (χ0) is 20.8. The second kappa shape index (κ2) is 9.01. The maximum absolute atomic E-state index is 12.6. The Morgan fingerprint density at radius 1 is 1.00 bits per heavy atom. The molecular formula is C23H23N3O3. The Hall–Kier alpha value is -3.67. The first-order valence-electron chi connectivity index (χ1n) is 9.35. The first-order chi connectivity index (χ1) is 14.0. The number of nitrogens with zero attached hydrogens (tertiary/aromatic N) is 1. The van der Waals surface area contributed by atoms with Gasteiger partial charge in [-0.1, -0.05) is 29.8 Å². The molecule has 3 aromatic rings. The lowest BCUT2D eigenvalue weighted by atomic mass is 10.1. The Morgan fingerprint density at radius 3 is 2.48 bits per heavy atom. The van der Waals surface area contributed by atoms with Crippen LogP contribution in [0, 0.1) is 13.8 Å². The number of hydrogen-bond acceptors (Lipinski definition) is 5. The number of aryl methyl sites for hydroxylation is 2. The summed E-state index contributed by atoms with van der Waals surface area (Å²) in [5.41, 5.74) is 5.02. The standard InChI is InChI=1S/C23H23N3O3/c1-4-29-23(28)18-7-5-6-8-20(18)26-22(27)21-12-10-17(14-24-21)25-19-11-9-15(2)13-16(19)3/h5-14,25H,4H2,1-3H3,(H,26,27). The fourth-order valence-corrected chi connectivity index (χ4v) is 2.88. The van der Waals surface area contributed by atoms with Gasteiger partial charge in [-0.3, -0.25) is 4.79 Å². The highest BCUT2D eigenvalue weighted by Gasteiger charge is 2.15. The minimum absolute atomic E-state index is 0.245. The van der Waals surface area contributed by atoms with Crippen LogP contribution < -0.4 is 10.6 Å². The molecule has 148 valence electrons. The van der Waals surface area contributed by atoms with Gasteiger partial charge in [0.25, 0.3) is 5.91 Å². The topological polar surface area (TPSA) is 80.3 Å². The number of carbonyl (C=O) groups is 2. The number of esters is 1. The number of amides is 1. The number of pyridine rings is 1. The van der Waals surface area contributed by atoms with Gasteiger partial charge in [0, 0.05) is 5.69 Å². The van der Waals surface area contributed by atoms with Crippen LogP contribution in [-0.2, 0) is 4.74 Å². The number of hydrogen-bond donors (Lipinski definition) is 2. The molecule has 0 unspecified atom stereocenters. The molecule has 0 aliphatic rings.